The number of aryl methyl sites for hydroxylation is 2. The third-order valence-corrected chi connectivity index (χ3v) is 7.08. The summed E-state index contributed by atoms with van der Waals surface area (Å²) in [7, 11) is 0. The minimum atomic E-state index is -0.402. The Kier molecular flexibility index (Phi) is 7.37. The highest BCUT2D eigenvalue weighted by atomic mass is 35.5. The highest BCUT2D eigenvalue weighted by Gasteiger charge is 2.33. The van der Waals surface area contributed by atoms with E-state index in [1.807, 2.05) is 13.1 Å². The fourth-order valence-electron chi connectivity index (χ4n) is 4.77. The highest BCUT2D eigenvalue weighted by Crippen LogP contribution is 2.44. The van der Waals surface area contributed by atoms with Crippen molar-refractivity contribution in [3.05, 3.63) is 69.5 Å². The number of halogens is 2. The number of aromatic amines is 1. The lowest BCUT2D eigenvalue weighted by Gasteiger charge is -2.30. The molecule has 1 aromatic carbocycles. The molecule has 1 aliphatic carbocycles. The Morgan fingerprint density at radius 1 is 1.23 bits per heavy atom. The molecule has 2 aliphatic rings. The van der Waals surface area contributed by atoms with E-state index < -0.39 is 5.82 Å². The van der Waals surface area contributed by atoms with Crippen LogP contribution >= 0.6 is 11.6 Å². The van der Waals surface area contributed by atoms with Crippen molar-refractivity contribution in [2.75, 3.05) is 11.9 Å². The van der Waals surface area contributed by atoms with Gasteiger partial charge in [-0.05, 0) is 62.4 Å². The Morgan fingerprint density at radius 2 is 2.09 bits per heavy atom. The SMILES string of the molecule is CCCc1cc(Nc2ccc(Cl)cc2F)c(CO[C@H]2CCO[C@@H](c3cn[nH]c3C3CC3)C2)nc1C. The van der Waals surface area contributed by atoms with Crippen molar-refractivity contribution in [1.82, 2.24) is 15.2 Å². The van der Waals surface area contributed by atoms with E-state index in [1.165, 1.54) is 30.2 Å². The van der Waals surface area contributed by atoms with Crippen LogP contribution in [0.5, 0.6) is 0 Å². The molecule has 2 atom stereocenters. The van der Waals surface area contributed by atoms with Crippen LogP contribution in [0.4, 0.5) is 15.8 Å². The number of rotatable bonds is 9. The average molecular weight is 499 g/mol. The molecule has 186 valence electrons. The summed E-state index contributed by atoms with van der Waals surface area (Å²) >= 11 is 5.94. The third kappa shape index (κ3) is 5.68. The van der Waals surface area contributed by atoms with Gasteiger partial charge in [0, 0.05) is 40.9 Å². The first-order valence-electron chi connectivity index (χ1n) is 12.5. The van der Waals surface area contributed by atoms with Gasteiger partial charge in [0.15, 0.2) is 0 Å². The quantitative estimate of drug-likeness (QED) is 0.335. The molecule has 1 saturated heterocycles. The van der Waals surface area contributed by atoms with Crippen molar-refractivity contribution in [1.29, 1.82) is 0 Å². The summed E-state index contributed by atoms with van der Waals surface area (Å²) in [6.07, 6.45) is 7.89. The lowest BCUT2D eigenvalue weighted by Crippen LogP contribution is -2.26. The first-order chi connectivity index (χ1) is 17.0. The van der Waals surface area contributed by atoms with E-state index in [-0.39, 0.29) is 12.2 Å². The second kappa shape index (κ2) is 10.6. The number of benzene rings is 1. The van der Waals surface area contributed by atoms with Crippen molar-refractivity contribution < 1.29 is 13.9 Å². The van der Waals surface area contributed by atoms with Gasteiger partial charge < -0.3 is 14.8 Å². The number of H-pyrrole nitrogens is 1. The highest BCUT2D eigenvalue weighted by molar-refractivity contribution is 6.30. The van der Waals surface area contributed by atoms with Gasteiger partial charge in [-0.3, -0.25) is 10.1 Å². The summed E-state index contributed by atoms with van der Waals surface area (Å²) < 4.78 is 27.0. The molecule has 0 bridgehead atoms. The van der Waals surface area contributed by atoms with Crippen LogP contribution in [0.3, 0.4) is 0 Å². The molecule has 8 heteroatoms. The molecule has 3 heterocycles. The van der Waals surface area contributed by atoms with Gasteiger partial charge in [0.25, 0.3) is 0 Å². The number of nitrogens with zero attached hydrogens (tertiary/aromatic N) is 2. The van der Waals surface area contributed by atoms with Crippen molar-refractivity contribution in [3.8, 4) is 0 Å². The fourth-order valence-corrected chi connectivity index (χ4v) is 4.92. The standard InChI is InChI=1S/C27H32ClFN4O2/c1-3-4-18-11-24(32-23-8-7-19(28)12-22(23)29)25(31-16(18)2)15-35-20-9-10-34-26(13-20)21-14-30-33-27(21)17-5-6-17/h7-8,11-12,14,17,20,26,32H,3-6,9-10,13,15H2,1-2H3,(H,30,33)/t20-,26+/m0/s1. The topological polar surface area (TPSA) is 72.1 Å². The summed E-state index contributed by atoms with van der Waals surface area (Å²) in [4.78, 5) is 4.85. The van der Waals surface area contributed by atoms with E-state index in [1.54, 1.807) is 12.1 Å². The van der Waals surface area contributed by atoms with Crippen molar-refractivity contribution in [2.45, 2.75) is 77.1 Å². The van der Waals surface area contributed by atoms with Crippen LogP contribution in [0.1, 0.15) is 79.3 Å². The Morgan fingerprint density at radius 3 is 2.86 bits per heavy atom. The number of hydrogen-bond donors (Lipinski definition) is 2. The van der Waals surface area contributed by atoms with Crippen molar-refractivity contribution in [2.24, 2.45) is 0 Å². The van der Waals surface area contributed by atoms with Crippen LogP contribution in [0.2, 0.25) is 5.02 Å². The fraction of sp³-hybridized carbons (Fsp3) is 0.481. The van der Waals surface area contributed by atoms with E-state index in [2.05, 4.69) is 28.5 Å². The summed E-state index contributed by atoms with van der Waals surface area (Å²) in [5.74, 6) is 0.189. The van der Waals surface area contributed by atoms with Gasteiger partial charge in [0.05, 0.1) is 42.1 Å². The largest absolute Gasteiger partial charge is 0.373 e. The summed E-state index contributed by atoms with van der Waals surface area (Å²) in [5.41, 5.74) is 6.39. The van der Waals surface area contributed by atoms with E-state index in [0.29, 0.717) is 29.8 Å². The zero-order chi connectivity index (χ0) is 24.4. The molecule has 2 aromatic heterocycles. The number of nitrogens with one attached hydrogen (secondary N) is 2. The lowest BCUT2D eigenvalue weighted by atomic mass is 9.98. The zero-order valence-electron chi connectivity index (χ0n) is 20.2. The van der Waals surface area contributed by atoms with Gasteiger partial charge >= 0.3 is 0 Å². The third-order valence-electron chi connectivity index (χ3n) is 6.84. The molecule has 0 spiro atoms. The molecular formula is C27H32ClFN4O2. The molecule has 5 rings (SSSR count). The molecule has 6 nitrogen and oxygen atoms in total. The molecule has 3 aromatic rings. The molecule has 2 N–H and O–H groups in total. The molecule has 1 saturated carbocycles. The van der Waals surface area contributed by atoms with Crippen LogP contribution in [0.15, 0.2) is 30.5 Å². The normalized spacial score (nSPS) is 20.2. The second-order valence-electron chi connectivity index (χ2n) is 9.56. The number of pyridine rings is 1. The Balaban J connectivity index is 1.32. The monoisotopic (exact) mass is 498 g/mol. The van der Waals surface area contributed by atoms with E-state index in [9.17, 15) is 4.39 Å². The Bertz CT molecular complexity index is 1180. The molecule has 0 amide bonds. The van der Waals surface area contributed by atoms with E-state index >= 15 is 0 Å². The number of anilines is 2. The van der Waals surface area contributed by atoms with Crippen LogP contribution < -0.4 is 5.32 Å². The van der Waals surface area contributed by atoms with Gasteiger partial charge in [-0.1, -0.05) is 24.9 Å². The van der Waals surface area contributed by atoms with Crippen molar-refractivity contribution >= 4 is 23.0 Å². The van der Waals surface area contributed by atoms with Gasteiger partial charge in [-0.25, -0.2) is 4.39 Å². The van der Waals surface area contributed by atoms with Gasteiger partial charge in [-0.15, -0.1) is 0 Å². The first-order valence-corrected chi connectivity index (χ1v) is 12.9. The van der Waals surface area contributed by atoms with Crippen LogP contribution in [0, 0.1) is 12.7 Å². The average Bonchev–Trinajstić information content (AvgIpc) is 3.58. The Labute approximate surface area is 210 Å². The van der Waals surface area contributed by atoms with E-state index in [0.717, 1.165) is 48.3 Å². The second-order valence-corrected chi connectivity index (χ2v) is 9.99. The molecule has 0 unspecified atom stereocenters. The van der Waals surface area contributed by atoms with Gasteiger partial charge in [0.2, 0.25) is 0 Å². The maximum Gasteiger partial charge on any atom is 0.148 e. The minimum Gasteiger partial charge on any atom is -0.373 e. The first kappa shape index (κ1) is 24.2. The van der Waals surface area contributed by atoms with Crippen LogP contribution in [-0.4, -0.2) is 27.9 Å². The van der Waals surface area contributed by atoms with Crippen molar-refractivity contribution in [3.63, 3.8) is 0 Å². The summed E-state index contributed by atoms with van der Waals surface area (Å²) in [6, 6.07) is 6.69. The zero-order valence-corrected chi connectivity index (χ0v) is 21.0. The maximum atomic E-state index is 14.5. The van der Waals surface area contributed by atoms with Gasteiger partial charge in [-0.2, -0.15) is 5.10 Å². The molecule has 1 aliphatic heterocycles. The molecule has 0 radical (unpaired) electrons. The van der Waals surface area contributed by atoms with Crippen LogP contribution in [-0.2, 0) is 22.5 Å². The van der Waals surface area contributed by atoms with Crippen LogP contribution in [0.25, 0.3) is 0 Å². The molecular weight excluding hydrogens is 467 g/mol. The number of ether oxygens (including phenoxy) is 2. The summed E-state index contributed by atoms with van der Waals surface area (Å²) in [5, 5.41) is 11.0. The predicted octanol–water partition coefficient (Wildman–Crippen LogP) is 6.92. The van der Waals surface area contributed by atoms with Gasteiger partial charge in [0.1, 0.15) is 5.82 Å². The maximum absolute atomic E-state index is 14.5. The lowest BCUT2D eigenvalue weighted by molar-refractivity contribution is -0.0799. The predicted molar refractivity (Wildman–Crippen MR) is 135 cm³/mol. The molecule has 35 heavy (non-hydrogen) atoms. The molecule has 2 fully saturated rings. The minimum absolute atomic E-state index is 0.00881. The smallest absolute Gasteiger partial charge is 0.148 e. The summed E-state index contributed by atoms with van der Waals surface area (Å²) in [6.45, 7) is 5.14. The number of aromatic nitrogens is 3. The Hall–Kier alpha value is -2.48. The number of hydrogen-bond acceptors (Lipinski definition) is 5. The van der Waals surface area contributed by atoms with E-state index in [4.69, 9.17) is 26.1 Å².